The molecule has 1 N–H and O–H groups in total. The molecule has 6 heteroatoms. The maximum absolute atomic E-state index is 6.21. The van der Waals surface area contributed by atoms with Crippen molar-refractivity contribution in [3.63, 3.8) is 0 Å². The molecule has 0 aliphatic heterocycles. The quantitative estimate of drug-likeness (QED) is 0.672. The maximum Gasteiger partial charge on any atom is 0.193 e. The molecule has 0 aliphatic carbocycles. The molecule has 0 spiro atoms. The molecule has 4 nitrogen and oxygen atoms in total. The second-order valence-corrected chi connectivity index (χ2v) is 6.76. The van der Waals surface area contributed by atoms with E-state index in [0.29, 0.717) is 0 Å². The molecule has 118 valence electrons. The zero-order chi connectivity index (χ0) is 15.9. The molecule has 0 fully saturated rings. The Hall–Kier alpha value is -1.59. The molecule has 1 heterocycles. The molecule has 0 aliphatic rings. The Morgan fingerprint density at radius 2 is 2.18 bits per heavy atom. The Morgan fingerprint density at radius 1 is 1.41 bits per heavy atom. The average Bonchev–Trinajstić information content (AvgIpc) is 2.91. The highest BCUT2D eigenvalue weighted by Gasteiger charge is 2.08. The summed E-state index contributed by atoms with van der Waals surface area (Å²) in [4.78, 5) is 12.0. The van der Waals surface area contributed by atoms with E-state index in [1.165, 1.54) is 4.88 Å². The van der Waals surface area contributed by atoms with Gasteiger partial charge in [0, 0.05) is 49.7 Å². The molecule has 0 unspecified atom stereocenters. The first kappa shape index (κ1) is 16.8. The van der Waals surface area contributed by atoms with Gasteiger partial charge in [0.25, 0.3) is 0 Å². The van der Waals surface area contributed by atoms with Crippen LogP contribution in [0, 0.1) is 6.92 Å². The van der Waals surface area contributed by atoms with E-state index < -0.39 is 0 Å². The van der Waals surface area contributed by atoms with Crippen molar-refractivity contribution in [1.29, 1.82) is 0 Å². The van der Waals surface area contributed by atoms with E-state index in [9.17, 15) is 0 Å². The molecule has 0 saturated carbocycles. The number of benzene rings is 1. The molecular formula is C16H21ClN4S. The van der Waals surface area contributed by atoms with E-state index in [0.717, 1.165) is 41.1 Å². The Balaban J connectivity index is 1.87. The summed E-state index contributed by atoms with van der Waals surface area (Å²) < 4.78 is 0. The molecule has 1 aromatic heterocycles. The smallest absolute Gasteiger partial charge is 0.193 e. The molecule has 1 aromatic carbocycles. The summed E-state index contributed by atoms with van der Waals surface area (Å²) in [5, 5.41) is 5.29. The summed E-state index contributed by atoms with van der Waals surface area (Å²) in [7, 11) is 3.80. The third-order valence-corrected chi connectivity index (χ3v) is 4.57. The van der Waals surface area contributed by atoms with Crippen LogP contribution in [0.25, 0.3) is 0 Å². The van der Waals surface area contributed by atoms with Crippen LogP contribution in [0.5, 0.6) is 0 Å². The van der Waals surface area contributed by atoms with E-state index in [4.69, 9.17) is 11.6 Å². The number of aromatic nitrogens is 1. The molecule has 22 heavy (non-hydrogen) atoms. The number of guanidine groups is 1. The minimum Gasteiger partial charge on any atom is -0.356 e. The number of aryl methyl sites for hydroxylation is 1. The first-order valence-corrected chi connectivity index (χ1v) is 8.36. The first-order valence-electron chi connectivity index (χ1n) is 7.16. The standard InChI is InChI=1S/C16H21ClN4S/c1-12-10-20-15(22-12)8-9-19-16(18-2)21(3)11-13-6-4-5-7-14(13)17/h4-7,10H,8-9,11H2,1-3H3,(H,18,19). The fourth-order valence-corrected chi connectivity index (χ4v) is 3.12. The van der Waals surface area contributed by atoms with Crippen LogP contribution in [-0.2, 0) is 13.0 Å². The minimum atomic E-state index is 0.718. The zero-order valence-corrected chi connectivity index (χ0v) is 14.7. The predicted octanol–water partition coefficient (Wildman–Crippen LogP) is 3.35. The van der Waals surface area contributed by atoms with Gasteiger partial charge in [-0.2, -0.15) is 0 Å². The monoisotopic (exact) mass is 336 g/mol. The Kier molecular flexibility index (Phi) is 6.21. The summed E-state index contributed by atoms with van der Waals surface area (Å²) in [5.74, 6) is 0.855. The number of halogens is 1. The number of aliphatic imine (C=N–C) groups is 1. The fourth-order valence-electron chi connectivity index (χ4n) is 2.14. The minimum absolute atomic E-state index is 0.718. The Morgan fingerprint density at radius 3 is 2.82 bits per heavy atom. The van der Waals surface area contributed by atoms with Gasteiger partial charge in [-0.3, -0.25) is 4.99 Å². The maximum atomic E-state index is 6.21. The second-order valence-electron chi connectivity index (χ2n) is 5.04. The lowest BCUT2D eigenvalue weighted by molar-refractivity contribution is 0.477. The van der Waals surface area contributed by atoms with E-state index in [-0.39, 0.29) is 0 Å². The second kappa shape index (κ2) is 8.15. The number of rotatable bonds is 5. The van der Waals surface area contributed by atoms with Crippen molar-refractivity contribution >= 4 is 28.9 Å². The molecule has 2 aromatic rings. The van der Waals surface area contributed by atoms with Crippen molar-refractivity contribution in [3.8, 4) is 0 Å². The van der Waals surface area contributed by atoms with Gasteiger partial charge in [0.05, 0.1) is 5.01 Å². The number of hydrogen-bond acceptors (Lipinski definition) is 3. The molecule has 0 radical (unpaired) electrons. The van der Waals surface area contributed by atoms with Crippen molar-refractivity contribution in [2.75, 3.05) is 20.6 Å². The number of nitrogens with zero attached hydrogens (tertiary/aromatic N) is 3. The lowest BCUT2D eigenvalue weighted by Gasteiger charge is -2.22. The summed E-state index contributed by atoms with van der Waals surface area (Å²) in [6, 6.07) is 7.88. The van der Waals surface area contributed by atoms with E-state index in [1.807, 2.05) is 37.5 Å². The summed E-state index contributed by atoms with van der Waals surface area (Å²) in [6.45, 7) is 3.60. The number of nitrogens with one attached hydrogen (secondary N) is 1. The van der Waals surface area contributed by atoms with Crippen molar-refractivity contribution in [3.05, 3.63) is 50.9 Å². The van der Waals surface area contributed by atoms with Gasteiger partial charge in [0.15, 0.2) is 5.96 Å². The van der Waals surface area contributed by atoms with Gasteiger partial charge in [-0.15, -0.1) is 11.3 Å². The number of thiazole rings is 1. The van der Waals surface area contributed by atoms with Crippen molar-refractivity contribution in [2.24, 2.45) is 4.99 Å². The van der Waals surface area contributed by atoms with Crippen molar-refractivity contribution < 1.29 is 0 Å². The van der Waals surface area contributed by atoms with Crippen molar-refractivity contribution in [1.82, 2.24) is 15.2 Å². The molecule has 0 bridgehead atoms. The normalized spacial score (nSPS) is 11.5. The zero-order valence-electron chi connectivity index (χ0n) is 13.1. The fraction of sp³-hybridized carbons (Fsp3) is 0.375. The van der Waals surface area contributed by atoms with Gasteiger partial charge in [-0.25, -0.2) is 4.98 Å². The van der Waals surface area contributed by atoms with E-state index in [2.05, 4.69) is 27.1 Å². The van der Waals surface area contributed by atoms with Crippen molar-refractivity contribution in [2.45, 2.75) is 19.9 Å². The van der Waals surface area contributed by atoms with Gasteiger partial charge >= 0.3 is 0 Å². The molecular weight excluding hydrogens is 316 g/mol. The molecule has 0 atom stereocenters. The summed E-state index contributed by atoms with van der Waals surface area (Å²) >= 11 is 7.95. The van der Waals surface area contributed by atoms with Crippen LogP contribution in [0.4, 0.5) is 0 Å². The third kappa shape index (κ3) is 4.71. The Bertz CT molecular complexity index is 639. The lowest BCUT2D eigenvalue weighted by atomic mass is 10.2. The number of hydrogen-bond donors (Lipinski definition) is 1. The van der Waals surface area contributed by atoms with Gasteiger partial charge in [-0.1, -0.05) is 29.8 Å². The van der Waals surface area contributed by atoms with E-state index in [1.54, 1.807) is 18.4 Å². The SMILES string of the molecule is CN=C(NCCc1ncc(C)s1)N(C)Cc1ccccc1Cl. The first-order chi connectivity index (χ1) is 10.6. The van der Waals surface area contributed by atoms with Crippen LogP contribution < -0.4 is 5.32 Å². The topological polar surface area (TPSA) is 40.5 Å². The van der Waals surface area contributed by atoms with Gasteiger partial charge in [0.1, 0.15) is 0 Å². The van der Waals surface area contributed by atoms with Crippen LogP contribution in [0.3, 0.4) is 0 Å². The van der Waals surface area contributed by atoms with Gasteiger partial charge in [0.2, 0.25) is 0 Å². The highest BCUT2D eigenvalue weighted by Crippen LogP contribution is 2.16. The van der Waals surface area contributed by atoms with Gasteiger partial charge < -0.3 is 10.2 Å². The van der Waals surface area contributed by atoms with Crippen LogP contribution in [0.15, 0.2) is 35.5 Å². The Labute approximate surface area is 140 Å². The van der Waals surface area contributed by atoms with Crippen LogP contribution in [-0.4, -0.2) is 36.5 Å². The molecule has 0 saturated heterocycles. The lowest BCUT2D eigenvalue weighted by Crippen LogP contribution is -2.39. The molecule has 2 rings (SSSR count). The predicted molar refractivity (Wildman–Crippen MR) is 94.8 cm³/mol. The molecule has 0 amide bonds. The summed E-state index contributed by atoms with van der Waals surface area (Å²) in [5.41, 5.74) is 1.09. The highest BCUT2D eigenvalue weighted by molar-refractivity contribution is 7.11. The third-order valence-electron chi connectivity index (χ3n) is 3.23. The van der Waals surface area contributed by atoms with E-state index >= 15 is 0 Å². The summed E-state index contributed by atoms with van der Waals surface area (Å²) in [6.07, 6.45) is 2.82. The van der Waals surface area contributed by atoms with Crippen LogP contribution in [0.1, 0.15) is 15.4 Å². The van der Waals surface area contributed by atoms with Crippen LogP contribution >= 0.6 is 22.9 Å². The van der Waals surface area contributed by atoms with Crippen LogP contribution in [0.2, 0.25) is 5.02 Å². The van der Waals surface area contributed by atoms with Gasteiger partial charge in [-0.05, 0) is 18.6 Å². The average molecular weight is 337 g/mol. The highest BCUT2D eigenvalue weighted by atomic mass is 35.5. The largest absolute Gasteiger partial charge is 0.356 e.